The van der Waals surface area contributed by atoms with Gasteiger partial charge in [-0.3, -0.25) is 9.59 Å². The summed E-state index contributed by atoms with van der Waals surface area (Å²) in [6.45, 7) is 0.148. The summed E-state index contributed by atoms with van der Waals surface area (Å²) in [6.07, 6.45) is 2.96. The van der Waals surface area contributed by atoms with Crippen LogP contribution in [0.5, 0.6) is 0 Å². The largest absolute Gasteiger partial charge is 0.550 e. The molecule has 0 unspecified atom stereocenters. The van der Waals surface area contributed by atoms with E-state index in [1.807, 2.05) is 6.07 Å². The zero-order valence-corrected chi connectivity index (χ0v) is 13.4. The van der Waals surface area contributed by atoms with Gasteiger partial charge in [0.15, 0.2) is 5.76 Å². The maximum Gasteiger partial charge on any atom is 0.291 e. The predicted molar refractivity (Wildman–Crippen MR) is 87.8 cm³/mol. The molecular formula is C18H17N2O5-. The molecule has 0 aliphatic carbocycles. The number of rotatable bonds is 8. The van der Waals surface area contributed by atoms with Crippen LogP contribution in [0.15, 0.2) is 58.8 Å². The number of carbonyl (C=O) groups is 3. The van der Waals surface area contributed by atoms with E-state index in [1.54, 1.807) is 30.3 Å². The highest BCUT2D eigenvalue weighted by molar-refractivity contribution is 6.04. The Kier molecular flexibility index (Phi) is 6.53. The molecule has 0 radical (unpaired) electrons. The monoisotopic (exact) mass is 341 g/mol. The molecule has 2 amide bonds. The zero-order chi connectivity index (χ0) is 18.1. The van der Waals surface area contributed by atoms with Crippen molar-refractivity contribution in [3.05, 3.63) is 65.7 Å². The number of hydrogen-bond donors (Lipinski definition) is 2. The minimum absolute atomic E-state index is 0.0288. The molecule has 1 aromatic carbocycles. The van der Waals surface area contributed by atoms with Gasteiger partial charge in [-0.2, -0.15) is 0 Å². The third-order valence-electron chi connectivity index (χ3n) is 3.19. The number of carboxylic acid groups (broad SMARTS) is 1. The smallest absolute Gasteiger partial charge is 0.291 e. The van der Waals surface area contributed by atoms with Crippen molar-refractivity contribution in [3.63, 3.8) is 0 Å². The van der Waals surface area contributed by atoms with Crippen molar-refractivity contribution < 1.29 is 23.9 Å². The molecule has 0 saturated carbocycles. The van der Waals surface area contributed by atoms with Crippen molar-refractivity contribution in [2.45, 2.75) is 12.8 Å². The number of carboxylic acids is 1. The number of benzene rings is 1. The maximum atomic E-state index is 12.3. The summed E-state index contributed by atoms with van der Waals surface area (Å²) in [5.41, 5.74) is 0.753. The van der Waals surface area contributed by atoms with Gasteiger partial charge in [-0.1, -0.05) is 30.3 Å². The number of furan rings is 1. The van der Waals surface area contributed by atoms with Crippen LogP contribution in [0.25, 0.3) is 6.08 Å². The molecule has 25 heavy (non-hydrogen) atoms. The van der Waals surface area contributed by atoms with Crippen molar-refractivity contribution in [2.24, 2.45) is 0 Å². The fourth-order valence-electron chi connectivity index (χ4n) is 2.00. The summed E-state index contributed by atoms with van der Waals surface area (Å²) in [5.74, 6) is -2.19. The van der Waals surface area contributed by atoms with E-state index in [4.69, 9.17) is 4.42 Å². The number of amides is 2. The molecule has 0 atom stereocenters. The van der Waals surface area contributed by atoms with Crippen molar-refractivity contribution in [3.8, 4) is 0 Å². The van der Waals surface area contributed by atoms with Gasteiger partial charge in [0.05, 0.1) is 6.26 Å². The van der Waals surface area contributed by atoms with E-state index in [0.29, 0.717) is 0 Å². The normalized spacial score (nSPS) is 11.0. The number of nitrogens with one attached hydrogen (secondary N) is 2. The van der Waals surface area contributed by atoms with Crippen LogP contribution in [-0.4, -0.2) is 24.3 Å². The molecule has 2 rings (SSSR count). The van der Waals surface area contributed by atoms with Crippen LogP contribution in [0.4, 0.5) is 0 Å². The van der Waals surface area contributed by atoms with Gasteiger partial charge in [0.1, 0.15) is 5.70 Å². The number of aliphatic carboxylic acids is 1. The third kappa shape index (κ3) is 5.98. The minimum Gasteiger partial charge on any atom is -0.550 e. The van der Waals surface area contributed by atoms with Crippen molar-refractivity contribution >= 4 is 23.9 Å². The first-order chi connectivity index (χ1) is 12.1. The van der Waals surface area contributed by atoms with Gasteiger partial charge < -0.3 is 25.0 Å². The molecule has 0 fully saturated rings. The van der Waals surface area contributed by atoms with Crippen LogP contribution in [0, 0.1) is 0 Å². The average Bonchev–Trinajstić information content (AvgIpc) is 3.13. The van der Waals surface area contributed by atoms with Crippen molar-refractivity contribution in [1.29, 1.82) is 0 Å². The first-order valence-corrected chi connectivity index (χ1v) is 7.66. The molecule has 1 heterocycles. The SMILES string of the molecule is O=C([O-])CCCNC(=O)/C(=C\c1ccccc1)NC(=O)c1ccco1. The predicted octanol–water partition coefficient (Wildman–Crippen LogP) is 0.697. The summed E-state index contributed by atoms with van der Waals surface area (Å²) in [7, 11) is 0. The Balaban J connectivity index is 2.08. The molecule has 2 N–H and O–H groups in total. The molecule has 2 aromatic rings. The van der Waals surface area contributed by atoms with Gasteiger partial charge >= 0.3 is 0 Å². The summed E-state index contributed by atoms with van der Waals surface area (Å²) in [5, 5.41) is 15.5. The second-order valence-corrected chi connectivity index (χ2v) is 5.13. The Labute approximate surface area is 144 Å². The Morgan fingerprint density at radius 3 is 2.48 bits per heavy atom. The fraction of sp³-hybridized carbons (Fsp3) is 0.167. The van der Waals surface area contributed by atoms with Crippen LogP contribution in [0.2, 0.25) is 0 Å². The first kappa shape index (κ1) is 18.0. The lowest BCUT2D eigenvalue weighted by atomic mass is 10.2. The average molecular weight is 341 g/mol. The highest BCUT2D eigenvalue weighted by Gasteiger charge is 2.15. The second kappa shape index (κ2) is 9.07. The lowest BCUT2D eigenvalue weighted by Crippen LogP contribution is -2.35. The molecule has 0 saturated heterocycles. The van der Waals surface area contributed by atoms with Gasteiger partial charge in [0, 0.05) is 12.5 Å². The lowest BCUT2D eigenvalue weighted by molar-refractivity contribution is -0.305. The highest BCUT2D eigenvalue weighted by atomic mass is 16.4. The second-order valence-electron chi connectivity index (χ2n) is 5.13. The quantitative estimate of drug-likeness (QED) is 0.542. The van der Waals surface area contributed by atoms with Gasteiger partial charge in [-0.05, 0) is 36.6 Å². The van der Waals surface area contributed by atoms with E-state index in [9.17, 15) is 19.5 Å². The number of hydrogen-bond acceptors (Lipinski definition) is 5. The molecule has 1 aromatic heterocycles. The summed E-state index contributed by atoms with van der Waals surface area (Å²) in [4.78, 5) is 34.8. The van der Waals surface area contributed by atoms with E-state index in [2.05, 4.69) is 10.6 Å². The summed E-state index contributed by atoms with van der Waals surface area (Å²) in [6, 6.07) is 12.0. The van der Waals surface area contributed by atoms with E-state index in [1.165, 1.54) is 18.4 Å². The van der Waals surface area contributed by atoms with Crippen LogP contribution in [-0.2, 0) is 9.59 Å². The van der Waals surface area contributed by atoms with E-state index in [0.717, 1.165) is 5.56 Å². The topological polar surface area (TPSA) is 111 Å². The van der Waals surface area contributed by atoms with E-state index >= 15 is 0 Å². The third-order valence-corrected chi connectivity index (χ3v) is 3.19. The molecule has 0 aliphatic rings. The number of carbonyl (C=O) groups excluding carboxylic acids is 3. The highest BCUT2D eigenvalue weighted by Crippen LogP contribution is 2.07. The Bertz CT molecular complexity index is 751. The van der Waals surface area contributed by atoms with Gasteiger partial charge in [0.2, 0.25) is 0 Å². The molecule has 0 spiro atoms. The minimum atomic E-state index is -1.18. The van der Waals surface area contributed by atoms with Crippen LogP contribution < -0.4 is 15.7 Å². The molecule has 130 valence electrons. The molecule has 0 aliphatic heterocycles. The van der Waals surface area contributed by atoms with Crippen LogP contribution >= 0.6 is 0 Å². The van der Waals surface area contributed by atoms with Crippen LogP contribution in [0.1, 0.15) is 29.0 Å². The summed E-state index contributed by atoms with van der Waals surface area (Å²) < 4.78 is 5.01. The van der Waals surface area contributed by atoms with E-state index < -0.39 is 17.8 Å². The van der Waals surface area contributed by atoms with Crippen molar-refractivity contribution in [1.82, 2.24) is 10.6 Å². The van der Waals surface area contributed by atoms with Gasteiger partial charge in [0.25, 0.3) is 11.8 Å². The fourth-order valence-corrected chi connectivity index (χ4v) is 2.00. The van der Waals surface area contributed by atoms with Crippen LogP contribution in [0.3, 0.4) is 0 Å². The Morgan fingerprint density at radius 1 is 1.08 bits per heavy atom. The molecule has 7 nitrogen and oxygen atoms in total. The Morgan fingerprint density at radius 2 is 1.84 bits per heavy atom. The van der Waals surface area contributed by atoms with E-state index in [-0.39, 0.29) is 30.8 Å². The maximum absolute atomic E-state index is 12.3. The zero-order valence-electron chi connectivity index (χ0n) is 13.4. The first-order valence-electron chi connectivity index (χ1n) is 7.66. The van der Waals surface area contributed by atoms with Gasteiger partial charge in [-0.15, -0.1) is 0 Å². The van der Waals surface area contributed by atoms with Crippen molar-refractivity contribution in [2.75, 3.05) is 6.54 Å². The molecule has 0 bridgehead atoms. The molecular weight excluding hydrogens is 324 g/mol. The Hall–Kier alpha value is -3.35. The standard InChI is InChI=1S/C18H18N2O5/c21-16(22)9-4-10-19-17(23)14(12-13-6-2-1-3-7-13)20-18(24)15-8-5-11-25-15/h1-3,5-8,11-12H,4,9-10H2,(H,19,23)(H,20,24)(H,21,22)/p-1/b14-12+. The van der Waals surface area contributed by atoms with Gasteiger partial charge in [-0.25, -0.2) is 0 Å². The summed E-state index contributed by atoms with van der Waals surface area (Å²) >= 11 is 0. The lowest BCUT2D eigenvalue weighted by Gasteiger charge is -2.10. The molecule has 7 heteroatoms.